The van der Waals surface area contributed by atoms with Crippen molar-refractivity contribution in [3.63, 3.8) is 0 Å². The highest BCUT2D eigenvalue weighted by Crippen LogP contribution is 2.47. The summed E-state index contributed by atoms with van der Waals surface area (Å²) >= 11 is 0. The molecule has 0 unspecified atom stereocenters. The Kier molecular flexibility index (Phi) is 7.49. The van der Waals surface area contributed by atoms with Gasteiger partial charge in [0.1, 0.15) is 11.9 Å². The Hall–Kier alpha value is -2.88. The fraction of sp³-hybridized carbons (Fsp3) is 0.538. The quantitative estimate of drug-likeness (QED) is 0.514. The number of aromatic nitrogens is 1. The molecule has 4 rings (SSSR count). The summed E-state index contributed by atoms with van der Waals surface area (Å²) in [7, 11) is 1.60. The normalized spacial score (nSPS) is 26.0. The lowest BCUT2D eigenvalue weighted by molar-refractivity contribution is -0.141. The van der Waals surface area contributed by atoms with Gasteiger partial charge in [0.15, 0.2) is 17.6 Å². The molecule has 2 aliphatic rings. The van der Waals surface area contributed by atoms with Crippen molar-refractivity contribution >= 4 is 11.7 Å². The summed E-state index contributed by atoms with van der Waals surface area (Å²) in [4.78, 5) is 20.7. The van der Waals surface area contributed by atoms with E-state index in [-0.39, 0.29) is 18.6 Å². The number of anilines is 1. The van der Waals surface area contributed by atoms with E-state index in [1.807, 2.05) is 43.3 Å². The molecule has 2 aromatic rings. The third kappa shape index (κ3) is 5.07. The van der Waals surface area contributed by atoms with E-state index in [9.17, 15) is 20.1 Å². The summed E-state index contributed by atoms with van der Waals surface area (Å²) in [6.45, 7) is 5.16. The molecule has 2 aliphatic heterocycles. The largest absolute Gasteiger partial charge is 0.493 e. The first-order valence-electron chi connectivity index (χ1n) is 12.0. The topological polar surface area (TPSA) is 116 Å². The van der Waals surface area contributed by atoms with Crippen LogP contribution in [0.1, 0.15) is 31.7 Å². The number of carbonyl (C=O) groups is 1. The predicted molar refractivity (Wildman–Crippen MR) is 131 cm³/mol. The van der Waals surface area contributed by atoms with Gasteiger partial charge < -0.3 is 34.6 Å². The van der Waals surface area contributed by atoms with Crippen LogP contribution in [-0.2, 0) is 4.79 Å². The summed E-state index contributed by atoms with van der Waals surface area (Å²) < 4.78 is 12.0. The van der Waals surface area contributed by atoms with Gasteiger partial charge in [-0.05, 0) is 36.8 Å². The Morgan fingerprint density at radius 3 is 2.69 bits per heavy atom. The lowest BCUT2D eigenvalue weighted by Crippen LogP contribution is -2.42. The zero-order valence-corrected chi connectivity index (χ0v) is 20.5. The molecule has 2 fully saturated rings. The van der Waals surface area contributed by atoms with Crippen LogP contribution in [0, 0.1) is 5.41 Å². The van der Waals surface area contributed by atoms with Crippen LogP contribution in [0.2, 0.25) is 0 Å². The molecule has 0 spiro atoms. The molecule has 1 amide bonds. The summed E-state index contributed by atoms with van der Waals surface area (Å²) in [6, 6.07) is 11.6. The number of amides is 1. The second-order valence-electron chi connectivity index (χ2n) is 9.72. The molecule has 3 N–H and O–H groups in total. The molecule has 0 saturated carbocycles. The number of likely N-dealkylation sites (tertiary alicyclic amines) is 1. The van der Waals surface area contributed by atoms with Gasteiger partial charge in [-0.15, -0.1) is 0 Å². The van der Waals surface area contributed by atoms with Crippen molar-refractivity contribution in [3.8, 4) is 11.5 Å². The third-order valence-corrected chi connectivity index (χ3v) is 7.46. The molecule has 35 heavy (non-hydrogen) atoms. The van der Waals surface area contributed by atoms with Crippen molar-refractivity contribution in [3.05, 3.63) is 48.2 Å². The van der Waals surface area contributed by atoms with Crippen LogP contribution in [-0.4, -0.2) is 89.3 Å². The van der Waals surface area contributed by atoms with Gasteiger partial charge >= 0.3 is 0 Å². The van der Waals surface area contributed by atoms with Gasteiger partial charge in [-0.25, -0.2) is 4.98 Å². The number of rotatable bonds is 8. The SMILES string of the molecule is COc1ccc([C@@H]2CN(C(=O)[C@@H](O)CO)C[C@@]2(C)[C@@H](C)O)cc1O[C@H]1CCN(c2ccccn2)C1. The van der Waals surface area contributed by atoms with E-state index in [0.717, 1.165) is 24.3 Å². The summed E-state index contributed by atoms with van der Waals surface area (Å²) in [6.07, 6.45) is 0.423. The number of ether oxygens (including phenoxy) is 2. The number of carbonyl (C=O) groups excluding carboxylic acids is 1. The first-order valence-corrected chi connectivity index (χ1v) is 12.0. The average Bonchev–Trinajstić information content (AvgIpc) is 3.49. The van der Waals surface area contributed by atoms with E-state index in [4.69, 9.17) is 9.47 Å². The molecule has 0 bridgehead atoms. The maximum atomic E-state index is 12.6. The van der Waals surface area contributed by atoms with Gasteiger partial charge in [-0.3, -0.25) is 4.79 Å². The lowest BCUT2D eigenvalue weighted by Gasteiger charge is -2.34. The highest BCUT2D eigenvalue weighted by molar-refractivity contribution is 5.81. The van der Waals surface area contributed by atoms with Crippen molar-refractivity contribution in [1.82, 2.24) is 9.88 Å². The highest BCUT2D eigenvalue weighted by atomic mass is 16.5. The minimum atomic E-state index is -1.47. The van der Waals surface area contributed by atoms with Gasteiger partial charge in [0.05, 0.1) is 26.4 Å². The van der Waals surface area contributed by atoms with E-state index in [0.29, 0.717) is 24.6 Å². The fourth-order valence-corrected chi connectivity index (χ4v) is 5.14. The van der Waals surface area contributed by atoms with E-state index in [1.54, 1.807) is 20.2 Å². The maximum Gasteiger partial charge on any atom is 0.253 e. The van der Waals surface area contributed by atoms with Crippen LogP contribution in [0.15, 0.2) is 42.6 Å². The number of hydrogen-bond acceptors (Lipinski definition) is 8. The molecular formula is C26H35N3O6. The van der Waals surface area contributed by atoms with Gasteiger partial charge in [0.2, 0.25) is 0 Å². The molecule has 190 valence electrons. The van der Waals surface area contributed by atoms with E-state index in [1.165, 1.54) is 4.90 Å². The molecule has 1 aromatic carbocycles. The van der Waals surface area contributed by atoms with E-state index < -0.39 is 30.1 Å². The molecule has 9 nitrogen and oxygen atoms in total. The molecule has 9 heteroatoms. The number of pyridine rings is 1. The van der Waals surface area contributed by atoms with Crippen LogP contribution in [0.5, 0.6) is 11.5 Å². The lowest BCUT2D eigenvalue weighted by atomic mass is 9.72. The first-order chi connectivity index (χ1) is 16.8. The average molecular weight is 486 g/mol. The van der Waals surface area contributed by atoms with Gasteiger partial charge in [-0.1, -0.05) is 19.1 Å². The smallest absolute Gasteiger partial charge is 0.253 e. The second kappa shape index (κ2) is 10.4. The molecule has 5 atom stereocenters. The zero-order valence-electron chi connectivity index (χ0n) is 20.5. The Morgan fingerprint density at radius 2 is 2.03 bits per heavy atom. The standard InChI is InChI=1S/C26H35N3O6/c1-17(31)26(2)16-29(25(33)21(32)15-30)14-20(26)18-7-8-22(34-3)23(12-18)35-19-9-11-28(13-19)24-6-4-5-10-27-24/h4-8,10,12,17,19-21,30-32H,9,11,13-16H2,1-3H3/t17-,19+,20+,21+,26+/m1/s1. The first kappa shape index (κ1) is 25.2. The Morgan fingerprint density at radius 1 is 1.23 bits per heavy atom. The van der Waals surface area contributed by atoms with Crippen LogP contribution >= 0.6 is 0 Å². The predicted octanol–water partition coefficient (Wildman–Crippen LogP) is 1.41. The number of hydrogen-bond donors (Lipinski definition) is 3. The zero-order chi connectivity index (χ0) is 25.2. The Bertz CT molecular complexity index is 1020. The van der Waals surface area contributed by atoms with Gasteiger partial charge in [0, 0.05) is 43.6 Å². The second-order valence-corrected chi connectivity index (χ2v) is 9.72. The molecular weight excluding hydrogens is 450 g/mol. The number of aliphatic hydroxyl groups excluding tert-OH is 3. The van der Waals surface area contributed by atoms with Crippen LogP contribution in [0.25, 0.3) is 0 Å². The van der Waals surface area contributed by atoms with E-state index >= 15 is 0 Å². The highest BCUT2D eigenvalue weighted by Gasteiger charge is 2.49. The Labute approximate surface area is 205 Å². The number of aliphatic hydroxyl groups is 3. The van der Waals surface area contributed by atoms with Crippen molar-refractivity contribution in [2.45, 2.75) is 44.5 Å². The Balaban J connectivity index is 1.56. The number of methoxy groups -OCH3 is 1. The van der Waals surface area contributed by atoms with Crippen molar-refractivity contribution in [2.75, 3.05) is 44.8 Å². The number of benzene rings is 1. The van der Waals surface area contributed by atoms with Crippen molar-refractivity contribution in [1.29, 1.82) is 0 Å². The van der Waals surface area contributed by atoms with Crippen LogP contribution in [0.4, 0.5) is 5.82 Å². The molecule has 1 aromatic heterocycles. The van der Waals surface area contributed by atoms with Crippen molar-refractivity contribution in [2.24, 2.45) is 5.41 Å². The minimum Gasteiger partial charge on any atom is -0.493 e. The monoisotopic (exact) mass is 485 g/mol. The molecule has 0 aliphatic carbocycles. The van der Waals surface area contributed by atoms with Crippen LogP contribution < -0.4 is 14.4 Å². The maximum absolute atomic E-state index is 12.6. The van der Waals surface area contributed by atoms with E-state index in [2.05, 4.69) is 9.88 Å². The van der Waals surface area contributed by atoms with Crippen LogP contribution in [0.3, 0.4) is 0 Å². The molecule has 0 radical (unpaired) electrons. The number of nitrogens with zero attached hydrogens (tertiary/aromatic N) is 3. The minimum absolute atomic E-state index is 0.0364. The van der Waals surface area contributed by atoms with Crippen molar-refractivity contribution < 1.29 is 29.6 Å². The summed E-state index contributed by atoms with van der Waals surface area (Å²) in [5.41, 5.74) is 0.275. The third-order valence-electron chi connectivity index (χ3n) is 7.46. The molecule has 3 heterocycles. The molecule has 2 saturated heterocycles. The van der Waals surface area contributed by atoms with Gasteiger partial charge in [0.25, 0.3) is 5.91 Å². The fourth-order valence-electron chi connectivity index (χ4n) is 5.14. The summed E-state index contributed by atoms with van der Waals surface area (Å²) in [5.74, 6) is 1.43. The van der Waals surface area contributed by atoms with Gasteiger partial charge in [-0.2, -0.15) is 0 Å². The summed E-state index contributed by atoms with van der Waals surface area (Å²) in [5, 5.41) is 29.8.